The van der Waals surface area contributed by atoms with E-state index in [0.717, 1.165) is 5.39 Å². The van der Waals surface area contributed by atoms with Crippen LogP contribution in [0.5, 0.6) is 5.75 Å². The first-order valence-corrected chi connectivity index (χ1v) is 8.32. The molecule has 0 radical (unpaired) electrons. The number of carbonyl (C=O) groups is 2. The summed E-state index contributed by atoms with van der Waals surface area (Å²) in [5.74, 6) is -0.251. The number of para-hydroxylation sites is 3. The number of aromatic nitrogens is 1. The molecule has 2 amide bonds. The number of nitrogens with zero attached hydrogens (tertiary/aromatic N) is 1. The van der Waals surface area contributed by atoms with Gasteiger partial charge in [0.05, 0.1) is 23.5 Å². The lowest BCUT2D eigenvalue weighted by Crippen LogP contribution is -2.22. The first kappa shape index (κ1) is 17.4. The third kappa shape index (κ3) is 4.16. The number of anilines is 2. The molecule has 0 aliphatic heterocycles. The molecule has 0 saturated carbocycles. The molecule has 0 fully saturated rings. The first-order chi connectivity index (χ1) is 12.7. The van der Waals surface area contributed by atoms with Crippen LogP contribution in [-0.4, -0.2) is 23.4 Å². The van der Waals surface area contributed by atoms with Crippen molar-refractivity contribution in [3.05, 3.63) is 60.8 Å². The van der Waals surface area contributed by atoms with Crippen LogP contribution in [0.15, 0.2) is 60.8 Å². The molecule has 0 unspecified atom stereocenters. The molecule has 6 nitrogen and oxygen atoms in total. The molecule has 0 saturated heterocycles. The second-order valence-electron chi connectivity index (χ2n) is 5.58. The molecule has 6 heteroatoms. The Morgan fingerprint density at radius 2 is 1.62 bits per heavy atom. The van der Waals surface area contributed by atoms with Crippen molar-refractivity contribution in [3.8, 4) is 5.75 Å². The summed E-state index contributed by atoms with van der Waals surface area (Å²) in [6.07, 6.45) is 1.36. The Morgan fingerprint density at radius 1 is 0.923 bits per heavy atom. The van der Waals surface area contributed by atoms with Gasteiger partial charge in [0.1, 0.15) is 12.2 Å². The van der Waals surface area contributed by atoms with E-state index >= 15 is 0 Å². The molecule has 3 aromatic rings. The lowest BCUT2D eigenvalue weighted by atomic mass is 10.2. The maximum atomic E-state index is 12.2. The quantitative estimate of drug-likeness (QED) is 0.666. The summed E-state index contributed by atoms with van der Waals surface area (Å²) >= 11 is 0. The Hall–Kier alpha value is -3.41. The molecule has 0 spiro atoms. The van der Waals surface area contributed by atoms with Crippen molar-refractivity contribution in [2.75, 3.05) is 17.2 Å². The summed E-state index contributed by atoms with van der Waals surface area (Å²) < 4.78 is 5.46. The van der Waals surface area contributed by atoms with Gasteiger partial charge in [0.15, 0.2) is 0 Å². The largest absolute Gasteiger partial charge is 0.492 e. The zero-order chi connectivity index (χ0) is 18.4. The van der Waals surface area contributed by atoms with E-state index in [-0.39, 0.29) is 6.42 Å². The minimum atomic E-state index is -0.414. The second-order valence-corrected chi connectivity index (χ2v) is 5.58. The predicted molar refractivity (Wildman–Crippen MR) is 101 cm³/mol. The lowest BCUT2D eigenvalue weighted by Gasteiger charge is -2.11. The van der Waals surface area contributed by atoms with Gasteiger partial charge in [-0.05, 0) is 31.2 Å². The fraction of sp³-hybridized carbons (Fsp3) is 0.150. The molecule has 1 aromatic heterocycles. The van der Waals surface area contributed by atoms with Crippen molar-refractivity contribution in [1.82, 2.24) is 4.98 Å². The summed E-state index contributed by atoms with van der Waals surface area (Å²) in [5, 5.41) is 6.37. The van der Waals surface area contributed by atoms with E-state index in [0.29, 0.717) is 29.2 Å². The summed E-state index contributed by atoms with van der Waals surface area (Å²) in [5.41, 5.74) is 1.81. The van der Waals surface area contributed by atoms with E-state index in [2.05, 4.69) is 15.6 Å². The number of pyridine rings is 1. The Labute approximate surface area is 151 Å². The second kappa shape index (κ2) is 8.11. The fourth-order valence-corrected chi connectivity index (χ4v) is 2.59. The van der Waals surface area contributed by atoms with Crippen LogP contribution >= 0.6 is 0 Å². The number of carbonyl (C=O) groups excluding carboxylic acids is 2. The molecule has 3 rings (SSSR count). The van der Waals surface area contributed by atoms with Gasteiger partial charge in [-0.3, -0.25) is 14.6 Å². The topological polar surface area (TPSA) is 80.3 Å². The number of rotatable bonds is 6. The summed E-state index contributed by atoms with van der Waals surface area (Å²) in [7, 11) is 0. The van der Waals surface area contributed by atoms with Crippen LogP contribution in [0.4, 0.5) is 11.4 Å². The average molecular weight is 349 g/mol. The smallest absolute Gasteiger partial charge is 0.233 e. The Balaban J connectivity index is 1.65. The van der Waals surface area contributed by atoms with Crippen LogP contribution in [0.3, 0.4) is 0 Å². The van der Waals surface area contributed by atoms with Gasteiger partial charge in [0, 0.05) is 11.6 Å². The van der Waals surface area contributed by atoms with Crippen molar-refractivity contribution in [3.63, 3.8) is 0 Å². The normalized spacial score (nSPS) is 10.3. The highest BCUT2D eigenvalue weighted by Gasteiger charge is 2.13. The van der Waals surface area contributed by atoms with Gasteiger partial charge in [-0.15, -0.1) is 0 Å². The van der Waals surface area contributed by atoms with Crippen molar-refractivity contribution < 1.29 is 14.3 Å². The summed E-state index contributed by atoms with van der Waals surface area (Å²) in [4.78, 5) is 28.7. The number of fused-ring (bicyclic) bond motifs is 1. The number of hydrogen-bond donors (Lipinski definition) is 2. The zero-order valence-corrected chi connectivity index (χ0v) is 14.4. The number of nitrogens with one attached hydrogen (secondary N) is 2. The Morgan fingerprint density at radius 3 is 2.42 bits per heavy atom. The first-order valence-electron chi connectivity index (χ1n) is 8.32. The van der Waals surface area contributed by atoms with Gasteiger partial charge in [-0.1, -0.05) is 30.3 Å². The number of benzene rings is 2. The van der Waals surface area contributed by atoms with Gasteiger partial charge in [0.2, 0.25) is 11.8 Å². The molecule has 1 heterocycles. The highest BCUT2D eigenvalue weighted by Crippen LogP contribution is 2.24. The van der Waals surface area contributed by atoms with Crippen molar-refractivity contribution in [2.45, 2.75) is 13.3 Å². The molecule has 0 aliphatic rings. The molecule has 2 aromatic carbocycles. The van der Waals surface area contributed by atoms with E-state index in [1.807, 2.05) is 37.3 Å². The lowest BCUT2D eigenvalue weighted by molar-refractivity contribution is -0.123. The molecule has 26 heavy (non-hydrogen) atoms. The third-order valence-corrected chi connectivity index (χ3v) is 3.69. The SMILES string of the molecule is CCOc1ccccc1NC(=O)CC(=O)Nc1cccc2cccnc12. The van der Waals surface area contributed by atoms with Crippen LogP contribution in [0.25, 0.3) is 10.9 Å². The molecule has 0 atom stereocenters. The number of hydrogen-bond acceptors (Lipinski definition) is 4. The van der Waals surface area contributed by atoms with Crippen molar-refractivity contribution in [1.29, 1.82) is 0 Å². The summed E-state index contributed by atoms with van der Waals surface area (Å²) in [6, 6.07) is 16.4. The van der Waals surface area contributed by atoms with Crippen LogP contribution in [0.1, 0.15) is 13.3 Å². The molecular weight excluding hydrogens is 330 g/mol. The van der Waals surface area contributed by atoms with Crippen molar-refractivity contribution in [2.24, 2.45) is 0 Å². The molecule has 2 N–H and O–H groups in total. The predicted octanol–water partition coefficient (Wildman–Crippen LogP) is 3.60. The van der Waals surface area contributed by atoms with Gasteiger partial charge in [-0.25, -0.2) is 0 Å². The molecule has 132 valence electrons. The van der Waals surface area contributed by atoms with Gasteiger partial charge < -0.3 is 15.4 Å². The Kier molecular flexibility index (Phi) is 5.43. The van der Waals surface area contributed by atoms with E-state index in [1.54, 1.807) is 30.5 Å². The number of amides is 2. The van der Waals surface area contributed by atoms with Gasteiger partial charge in [-0.2, -0.15) is 0 Å². The molecule has 0 aliphatic carbocycles. The monoisotopic (exact) mass is 349 g/mol. The molecule has 0 bridgehead atoms. The average Bonchev–Trinajstić information content (AvgIpc) is 2.64. The van der Waals surface area contributed by atoms with Crippen LogP contribution in [0, 0.1) is 0 Å². The van der Waals surface area contributed by atoms with Crippen molar-refractivity contribution >= 4 is 34.1 Å². The van der Waals surface area contributed by atoms with Crippen LogP contribution < -0.4 is 15.4 Å². The highest BCUT2D eigenvalue weighted by molar-refractivity contribution is 6.10. The minimum absolute atomic E-state index is 0.302. The maximum Gasteiger partial charge on any atom is 0.233 e. The van der Waals surface area contributed by atoms with E-state index in [1.165, 1.54) is 0 Å². The van der Waals surface area contributed by atoms with E-state index < -0.39 is 11.8 Å². The van der Waals surface area contributed by atoms with Crippen LogP contribution in [-0.2, 0) is 9.59 Å². The fourth-order valence-electron chi connectivity index (χ4n) is 2.59. The van der Waals surface area contributed by atoms with Crippen LogP contribution in [0.2, 0.25) is 0 Å². The van der Waals surface area contributed by atoms with E-state index in [9.17, 15) is 9.59 Å². The zero-order valence-electron chi connectivity index (χ0n) is 14.4. The molecular formula is C20H19N3O3. The Bertz CT molecular complexity index is 935. The third-order valence-electron chi connectivity index (χ3n) is 3.69. The maximum absolute atomic E-state index is 12.2. The highest BCUT2D eigenvalue weighted by atomic mass is 16.5. The van der Waals surface area contributed by atoms with Gasteiger partial charge in [0.25, 0.3) is 0 Å². The minimum Gasteiger partial charge on any atom is -0.492 e. The van der Waals surface area contributed by atoms with Gasteiger partial charge >= 0.3 is 0 Å². The summed E-state index contributed by atoms with van der Waals surface area (Å²) in [6.45, 7) is 2.35. The van der Waals surface area contributed by atoms with E-state index in [4.69, 9.17) is 4.74 Å². The standard InChI is InChI=1S/C20H19N3O3/c1-2-26-17-11-4-3-9-15(17)22-18(24)13-19(25)23-16-10-5-7-14-8-6-12-21-20(14)16/h3-12H,2,13H2,1H3,(H,22,24)(H,23,25). The number of ether oxygens (including phenoxy) is 1.